The van der Waals surface area contributed by atoms with Crippen LogP contribution in [0.2, 0.25) is 0 Å². The molecule has 0 saturated heterocycles. The molecule has 1 aromatic rings. The van der Waals surface area contributed by atoms with Crippen LogP contribution in [0.4, 0.5) is 10.1 Å². The standard InChI is InChI=1S/C12H17FN2O/c1-8-5-9(13)7-10(6-8)15-11(16)12(2,3)14-4/h5-7,14H,1-4H3,(H,15,16). The molecule has 0 heterocycles. The zero-order valence-electron chi connectivity index (χ0n) is 10.0. The van der Waals surface area contributed by atoms with E-state index in [4.69, 9.17) is 0 Å². The van der Waals surface area contributed by atoms with Crippen LogP contribution in [-0.2, 0) is 4.79 Å². The van der Waals surface area contributed by atoms with Gasteiger partial charge < -0.3 is 10.6 Å². The minimum atomic E-state index is -0.680. The van der Waals surface area contributed by atoms with E-state index in [1.54, 1.807) is 33.9 Å². The van der Waals surface area contributed by atoms with E-state index in [0.717, 1.165) is 5.56 Å². The van der Waals surface area contributed by atoms with E-state index in [1.807, 2.05) is 0 Å². The maximum absolute atomic E-state index is 13.1. The van der Waals surface area contributed by atoms with Crippen molar-refractivity contribution >= 4 is 11.6 Å². The van der Waals surface area contributed by atoms with Gasteiger partial charge in [0.2, 0.25) is 5.91 Å². The van der Waals surface area contributed by atoms with Gasteiger partial charge in [0.1, 0.15) is 5.82 Å². The summed E-state index contributed by atoms with van der Waals surface area (Å²) in [4.78, 5) is 11.8. The van der Waals surface area contributed by atoms with Gasteiger partial charge in [-0.25, -0.2) is 4.39 Å². The molecule has 88 valence electrons. The summed E-state index contributed by atoms with van der Waals surface area (Å²) in [5.74, 6) is -0.544. The summed E-state index contributed by atoms with van der Waals surface area (Å²) < 4.78 is 13.1. The Balaban J connectivity index is 2.85. The van der Waals surface area contributed by atoms with E-state index in [9.17, 15) is 9.18 Å². The Labute approximate surface area is 95.0 Å². The van der Waals surface area contributed by atoms with Crippen LogP contribution < -0.4 is 10.6 Å². The average molecular weight is 224 g/mol. The normalized spacial score (nSPS) is 11.3. The number of rotatable bonds is 3. The van der Waals surface area contributed by atoms with Crippen LogP contribution in [0.15, 0.2) is 18.2 Å². The van der Waals surface area contributed by atoms with E-state index >= 15 is 0 Å². The molecule has 0 aliphatic rings. The predicted octanol–water partition coefficient (Wildman–Crippen LogP) is 2.07. The number of hydrogen-bond donors (Lipinski definition) is 2. The molecule has 0 aromatic heterocycles. The fraction of sp³-hybridized carbons (Fsp3) is 0.417. The molecule has 0 aliphatic heterocycles. The molecule has 0 atom stereocenters. The summed E-state index contributed by atoms with van der Waals surface area (Å²) in [5.41, 5.74) is 0.573. The smallest absolute Gasteiger partial charge is 0.244 e. The second-order valence-corrected chi connectivity index (χ2v) is 4.35. The second-order valence-electron chi connectivity index (χ2n) is 4.35. The molecule has 0 fully saturated rings. The van der Waals surface area contributed by atoms with Crippen LogP contribution in [0.3, 0.4) is 0 Å². The Morgan fingerprint density at radius 2 is 1.94 bits per heavy atom. The van der Waals surface area contributed by atoms with E-state index in [0.29, 0.717) is 5.69 Å². The number of benzene rings is 1. The van der Waals surface area contributed by atoms with Gasteiger partial charge >= 0.3 is 0 Å². The second kappa shape index (κ2) is 4.61. The van der Waals surface area contributed by atoms with Gasteiger partial charge in [-0.05, 0) is 51.6 Å². The maximum atomic E-state index is 13.1. The van der Waals surface area contributed by atoms with Crippen molar-refractivity contribution in [1.82, 2.24) is 5.32 Å². The van der Waals surface area contributed by atoms with Crippen molar-refractivity contribution in [3.8, 4) is 0 Å². The number of nitrogens with one attached hydrogen (secondary N) is 2. The van der Waals surface area contributed by atoms with Crippen LogP contribution in [-0.4, -0.2) is 18.5 Å². The van der Waals surface area contributed by atoms with E-state index in [1.165, 1.54) is 12.1 Å². The fourth-order valence-electron chi connectivity index (χ4n) is 1.21. The first-order chi connectivity index (χ1) is 7.35. The predicted molar refractivity (Wildman–Crippen MR) is 62.9 cm³/mol. The first-order valence-electron chi connectivity index (χ1n) is 5.13. The monoisotopic (exact) mass is 224 g/mol. The van der Waals surface area contributed by atoms with Gasteiger partial charge in [0.05, 0.1) is 5.54 Å². The van der Waals surface area contributed by atoms with Crippen molar-refractivity contribution in [2.24, 2.45) is 0 Å². The summed E-state index contributed by atoms with van der Waals surface area (Å²) in [6, 6.07) is 4.45. The first-order valence-corrected chi connectivity index (χ1v) is 5.13. The maximum Gasteiger partial charge on any atom is 0.244 e. The highest BCUT2D eigenvalue weighted by atomic mass is 19.1. The van der Waals surface area contributed by atoms with Crippen LogP contribution in [0.5, 0.6) is 0 Å². The van der Waals surface area contributed by atoms with Crippen LogP contribution in [0, 0.1) is 12.7 Å². The highest BCUT2D eigenvalue weighted by molar-refractivity contribution is 5.97. The molecule has 0 aliphatic carbocycles. The largest absolute Gasteiger partial charge is 0.324 e. The van der Waals surface area contributed by atoms with Crippen molar-refractivity contribution in [3.63, 3.8) is 0 Å². The molecule has 0 saturated carbocycles. The molecular weight excluding hydrogens is 207 g/mol. The fourth-order valence-corrected chi connectivity index (χ4v) is 1.21. The minimum absolute atomic E-state index is 0.194. The molecule has 1 aromatic carbocycles. The Hall–Kier alpha value is -1.42. The lowest BCUT2D eigenvalue weighted by molar-refractivity contribution is -0.121. The Bertz CT molecular complexity index is 382. The van der Waals surface area contributed by atoms with Crippen molar-refractivity contribution < 1.29 is 9.18 Å². The van der Waals surface area contributed by atoms with Gasteiger partial charge in [0.15, 0.2) is 0 Å². The van der Waals surface area contributed by atoms with Gasteiger partial charge in [0.25, 0.3) is 0 Å². The molecule has 16 heavy (non-hydrogen) atoms. The Morgan fingerprint density at radius 1 is 1.31 bits per heavy atom. The minimum Gasteiger partial charge on any atom is -0.324 e. The number of carbonyl (C=O) groups excluding carboxylic acids is 1. The van der Waals surface area contributed by atoms with Crippen LogP contribution in [0.25, 0.3) is 0 Å². The third-order valence-electron chi connectivity index (χ3n) is 2.49. The number of likely N-dealkylation sites (N-methyl/N-ethyl adjacent to an activating group) is 1. The van der Waals surface area contributed by atoms with Gasteiger partial charge in [-0.1, -0.05) is 0 Å². The lowest BCUT2D eigenvalue weighted by Gasteiger charge is -2.22. The molecule has 3 nitrogen and oxygen atoms in total. The zero-order valence-corrected chi connectivity index (χ0v) is 10.0. The summed E-state index contributed by atoms with van der Waals surface area (Å²) in [6.45, 7) is 5.30. The summed E-state index contributed by atoms with van der Waals surface area (Å²) in [7, 11) is 1.70. The highest BCUT2D eigenvalue weighted by Crippen LogP contribution is 2.15. The zero-order chi connectivity index (χ0) is 12.3. The van der Waals surface area contributed by atoms with E-state index < -0.39 is 5.54 Å². The van der Waals surface area contributed by atoms with Gasteiger partial charge in [-0.15, -0.1) is 0 Å². The SMILES string of the molecule is CNC(C)(C)C(=O)Nc1cc(C)cc(F)c1. The number of anilines is 1. The van der Waals surface area contributed by atoms with Crippen molar-refractivity contribution in [2.75, 3.05) is 12.4 Å². The molecule has 2 N–H and O–H groups in total. The number of carbonyl (C=O) groups is 1. The number of amides is 1. The molecule has 0 unspecified atom stereocenters. The summed E-state index contributed by atoms with van der Waals surface area (Å²) in [5, 5.41) is 5.56. The summed E-state index contributed by atoms with van der Waals surface area (Å²) >= 11 is 0. The molecular formula is C12H17FN2O. The van der Waals surface area contributed by atoms with E-state index in [2.05, 4.69) is 10.6 Å². The number of aryl methyl sites for hydroxylation is 1. The van der Waals surface area contributed by atoms with Crippen LogP contribution >= 0.6 is 0 Å². The van der Waals surface area contributed by atoms with E-state index in [-0.39, 0.29) is 11.7 Å². The molecule has 1 amide bonds. The molecule has 1 rings (SSSR count). The third-order valence-corrected chi connectivity index (χ3v) is 2.49. The third kappa shape index (κ3) is 3.03. The van der Waals surface area contributed by atoms with Crippen molar-refractivity contribution in [3.05, 3.63) is 29.6 Å². The summed E-state index contributed by atoms with van der Waals surface area (Å²) in [6.07, 6.45) is 0. The molecule has 0 radical (unpaired) electrons. The van der Waals surface area contributed by atoms with Crippen molar-refractivity contribution in [1.29, 1.82) is 0 Å². The van der Waals surface area contributed by atoms with Gasteiger partial charge in [-0.2, -0.15) is 0 Å². The van der Waals surface area contributed by atoms with Crippen LogP contribution in [0.1, 0.15) is 19.4 Å². The number of halogens is 1. The Kier molecular flexibility index (Phi) is 3.65. The highest BCUT2D eigenvalue weighted by Gasteiger charge is 2.25. The molecule has 0 spiro atoms. The molecule has 0 bridgehead atoms. The average Bonchev–Trinajstić information content (AvgIpc) is 2.15. The number of hydrogen-bond acceptors (Lipinski definition) is 2. The lowest BCUT2D eigenvalue weighted by Crippen LogP contribution is -2.47. The van der Waals surface area contributed by atoms with Gasteiger partial charge in [0, 0.05) is 5.69 Å². The van der Waals surface area contributed by atoms with Crippen molar-refractivity contribution in [2.45, 2.75) is 26.3 Å². The molecule has 4 heteroatoms. The topological polar surface area (TPSA) is 41.1 Å². The quantitative estimate of drug-likeness (QED) is 0.825. The lowest BCUT2D eigenvalue weighted by atomic mass is 10.0. The Morgan fingerprint density at radius 3 is 2.44 bits per heavy atom. The van der Waals surface area contributed by atoms with Gasteiger partial charge in [-0.3, -0.25) is 4.79 Å². The first kappa shape index (κ1) is 12.6.